The van der Waals surface area contributed by atoms with E-state index in [0.29, 0.717) is 6.29 Å². The number of ether oxygens (including phenoxy) is 2. The van der Waals surface area contributed by atoms with Crippen LogP contribution in [0.15, 0.2) is 12.1 Å². The predicted molar refractivity (Wildman–Crippen MR) is 56.3 cm³/mol. The van der Waals surface area contributed by atoms with Gasteiger partial charge in [0.2, 0.25) is 0 Å². The van der Waals surface area contributed by atoms with Crippen LogP contribution in [0.25, 0.3) is 0 Å². The number of hydrogen-bond acceptors (Lipinski definition) is 6. The average Bonchev–Trinajstić information content (AvgIpc) is 2.27. The van der Waals surface area contributed by atoms with Crippen molar-refractivity contribution in [3.05, 3.63) is 27.8 Å². The summed E-state index contributed by atoms with van der Waals surface area (Å²) in [5.41, 5.74) is -0.597. The minimum atomic E-state index is -0.740. The van der Waals surface area contributed by atoms with Gasteiger partial charge in [-0.05, 0) is 0 Å². The lowest BCUT2D eigenvalue weighted by atomic mass is 10.1. The van der Waals surface area contributed by atoms with Crippen molar-refractivity contribution in [3.63, 3.8) is 0 Å². The molecule has 0 heterocycles. The molecule has 0 aliphatic carbocycles. The van der Waals surface area contributed by atoms with Crippen molar-refractivity contribution >= 4 is 17.9 Å². The summed E-state index contributed by atoms with van der Waals surface area (Å²) in [6.45, 7) is 1.15. The molecule has 0 fully saturated rings. The van der Waals surface area contributed by atoms with Crippen LogP contribution in [0.5, 0.6) is 11.5 Å². The van der Waals surface area contributed by atoms with Crippen LogP contribution in [0, 0.1) is 10.1 Å². The van der Waals surface area contributed by atoms with Crippen molar-refractivity contribution in [1.82, 2.24) is 0 Å². The number of carbonyl (C=O) groups excluding carboxylic acids is 2. The van der Waals surface area contributed by atoms with Crippen LogP contribution >= 0.6 is 0 Å². The maximum Gasteiger partial charge on any atom is 0.308 e. The summed E-state index contributed by atoms with van der Waals surface area (Å²) >= 11 is 0. The monoisotopic (exact) mass is 239 g/mol. The van der Waals surface area contributed by atoms with Gasteiger partial charge in [-0.2, -0.15) is 0 Å². The quantitative estimate of drug-likeness (QED) is 0.258. The summed E-state index contributed by atoms with van der Waals surface area (Å²) < 4.78 is 9.61. The number of nitrogens with zero attached hydrogens (tertiary/aromatic N) is 1. The molecule has 0 unspecified atom stereocenters. The highest BCUT2D eigenvalue weighted by Gasteiger charge is 2.20. The molecule has 1 aromatic rings. The van der Waals surface area contributed by atoms with E-state index >= 15 is 0 Å². The van der Waals surface area contributed by atoms with Crippen LogP contribution in [0.4, 0.5) is 5.69 Å². The molecule has 0 amide bonds. The van der Waals surface area contributed by atoms with Crippen molar-refractivity contribution < 1.29 is 24.0 Å². The Kier molecular flexibility index (Phi) is 3.76. The molecular weight excluding hydrogens is 230 g/mol. The van der Waals surface area contributed by atoms with Gasteiger partial charge in [0, 0.05) is 13.0 Å². The standard InChI is InChI=1S/C10H9NO6/c1-6(13)17-10-4-8(11(14)15)7(5-12)3-9(10)16-2/h3-5H,1-2H3. The van der Waals surface area contributed by atoms with Gasteiger partial charge >= 0.3 is 5.97 Å². The summed E-state index contributed by atoms with van der Waals surface area (Å²) in [5, 5.41) is 10.7. The number of hydrogen-bond donors (Lipinski definition) is 0. The normalized spacial score (nSPS) is 9.53. The van der Waals surface area contributed by atoms with Gasteiger partial charge in [0.1, 0.15) is 0 Å². The van der Waals surface area contributed by atoms with Crippen LogP contribution in [-0.4, -0.2) is 24.3 Å². The third-order valence-corrected chi connectivity index (χ3v) is 1.89. The lowest BCUT2D eigenvalue weighted by molar-refractivity contribution is -0.385. The third kappa shape index (κ3) is 2.77. The molecule has 0 saturated heterocycles. The zero-order chi connectivity index (χ0) is 13.0. The molecule has 0 bridgehead atoms. The summed E-state index contributed by atoms with van der Waals surface area (Å²) in [6.07, 6.45) is 0.332. The summed E-state index contributed by atoms with van der Waals surface area (Å²) in [7, 11) is 1.29. The van der Waals surface area contributed by atoms with Gasteiger partial charge in [0.05, 0.1) is 23.7 Å². The second kappa shape index (κ2) is 5.06. The third-order valence-electron chi connectivity index (χ3n) is 1.89. The molecule has 0 radical (unpaired) electrons. The van der Waals surface area contributed by atoms with Crippen LogP contribution in [0.2, 0.25) is 0 Å². The molecule has 1 rings (SSSR count). The number of esters is 1. The van der Waals surface area contributed by atoms with Crippen molar-refractivity contribution in [3.8, 4) is 11.5 Å². The Morgan fingerprint density at radius 1 is 1.41 bits per heavy atom. The van der Waals surface area contributed by atoms with Gasteiger partial charge in [-0.15, -0.1) is 0 Å². The highest BCUT2D eigenvalue weighted by Crippen LogP contribution is 2.33. The van der Waals surface area contributed by atoms with Crippen molar-refractivity contribution in [2.75, 3.05) is 7.11 Å². The molecule has 0 aliphatic heterocycles. The first kappa shape index (κ1) is 12.6. The Balaban J connectivity index is 3.38. The molecule has 0 atom stereocenters. The minimum Gasteiger partial charge on any atom is -0.493 e. The van der Waals surface area contributed by atoms with E-state index in [1.165, 1.54) is 7.11 Å². The number of carbonyl (C=O) groups is 2. The van der Waals surface area contributed by atoms with Crippen molar-refractivity contribution in [2.24, 2.45) is 0 Å². The lowest BCUT2D eigenvalue weighted by Gasteiger charge is -2.08. The van der Waals surface area contributed by atoms with Crippen molar-refractivity contribution in [1.29, 1.82) is 0 Å². The number of aldehydes is 1. The van der Waals surface area contributed by atoms with Gasteiger partial charge in [0.15, 0.2) is 17.8 Å². The fourth-order valence-corrected chi connectivity index (χ4v) is 1.21. The van der Waals surface area contributed by atoms with Gasteiger partial charge in [-0.1, -0.05) is 0 Å². The molecule has 0 aliphatic rings. The van der Waals surface area contributed by atoms with Crippen molar-refractivity contribution in [2.45, 2.75) is 6.92 Å². The van der Waals surface area contributed by atoms with E-state index in [2.05, 4.69) is 0 Å². The van der Waals surface area contributed by atoms with Crippen LogP contribution in [-0.2, 0) is 4.79 Å². The van der Waals surface area contributed by atoms with Crippen LogP contribution < -0.4 is 9.47 Å². The van der Waals surface area contributed by atoms with E-state index in [-0.39, 0.29) is 17.1 Å². The fourth-order valence-electron chi connectivity index (χ4n) is 1.21. The topological polar surface area (TPSA) is 95.7 Å². The molecule has 90 valence electrons. The molecular formula is C10H9NO6. The smallest absolute Gasteiger partial charge is 0.308 e. The number of benzene rings is 1. The van der Waals surface area contributed by atoms with Crippen LogP contribution in [0.1, 0.15) is 17.3 Å². The Bertz CT molecular complexity index is 482. The molecule has 0 spiro atoms. The second-order valence-corrected chi connectivity index (χ2v) is 3.03. The number of nitro benzene ring substituents is 1. The average molecular weight is 239 g/mol. The molecule has 1 aromatic carbocycles. The highest BCUT2D eigenvalue weighted by atomic mass is 16.6. The van der Waals surface area contributed by atoms with Gasteiger partial charge in [0.25, 0.3) is 5.69 Å². The molecule has 17 heavy (non-hydrogen) atoms. The number of methoxy groups -OCH3 is 1. The first-order chi connectivity index (χ1) is 7.99. The summed E-state index contributed by atoms with van der Waals surface area (Å²) in [6, 6.07) is 2.12. The summed E-state index contributed by atoms with van der Waals surface area (Å²) in [4.78, 5) is 31.4. The largest absolute Gasteiger partial charge is 0.493 e. The second-order valence-electron chi connectivity index (χ2n) is 3.03. The van der Waals surface area contributed by atoms with E-state index < -0.39 is 16.6 Å². The fraction of sp³-hybridized carbons (Fsp3) is 0.200. The Morgan fingerprint density at radius 3 is 2.47 bits per heavy atom. The predicted octanol–water partition coefficient (Wildman–Crippen LogP) is 1.34. The van der Waals surface area contributed by atoms with E-state index in [0.717, 1.165) is 19.1 Å². The Labute approximate surface area is 96.1 Å². The van der Waals surface area contributed by atoms with E-state index in [1.807, 2.05) is 0 Å². The molecule has 7 heteroatoms. The first-order valence-electron chi connectivity index (χ1n) is 4.49. The zero-order valence-corrected chi connectivity index (χ0v) is 9.13. The van der Waals surface area contributed by atoms with E-state index in [9.17, 15) is 19.7 Å². The van der Waals surface area contributed by atoms with Gasteiger partial charge in [-0.25, -0.2) is 0 Å². The number of rotatable bonds is 4. The minimum absolute atomic E-state index is 0.0768. The molecule has 0 saturated carbocycles. The van der Waals surface area contributed by atoms with Crippen LogP contribution in [0.3, 0.4) is 0 Å². The molecule has 0 N–H and O–H groups in total. The Morgan fingerprint density at radius 2 is 2.06 bits per heavy atom. The van der Waals surface area contributed by atoms with E-state index in [4.69, 9.17) is 9.47 Å². The summed E-state index contributed by atoms with van der Waals surface area (Å²) in [5.74, 6) is -0.665. The first-order valence-corrected chi connectivity index (χ1v) is 4.49. The zero-order valence-electron chi connectivity index (χ0n) is 9.13. The highest BCUT2D eigenvalue weighted by molar-refractivity contribution is 5.84. The molecule has 7 nitrogen and oxygen atoms in total. The molecule has 0 aromatic heterocycles. The van der Waals surface area contributed by atoms with Gasteiger partial charge in [-0.3, -0.25) is 19.7 Å². The SMILES string of the molecule is COc1cc(C=O)c([N+](=O)[O-])cc1OC(C)=O. The van der Waals surface area contributed by atoms with E-state index in [1.54, 1.807) is 0 Å². The van der Waals surface area contributed by atoms with Gasteiger partial charge < -0.3 is 9.47 Å². The number of nitro groups is 1. The lowest BCUT2D eigenvalue weighted by Crippen LogP contribution is -2.05. The Hall–Kier alpha value is -2.44. The maximum atomic E-state index is 10.8. The maximum absolute atomic E-state index is 10.8.